The van der Waals surface area contributed by atoms with Crippen LogP contribution < -0.4 is 11.1 Å². The number of amides is 2. The van der Waals surface area contributed by atoms with Crippen LogP contribution >= 0.6 is 12.4 Å². The number of carbonyl (C=O) groups is 3. The van der Waals surface area contributed by atoms with Crippen LogP contribution in [-0.4, -0.2) is 47.4 Å². The van der Waals surface area contributed by atoms with Gasteiger partial charge in [-0.3, -0.25) is 14.4 Å². The predicted octanol–water partition coefficient (Wildman–Crippen LogP) is 0.942. The molecule has 0 heterocycles. The van der Waals surface area contributed by atoms with Crippen LogP contribution in [-0.2, 0) is 9.59 Å². The van der Waals surface area contributed by atoms with E-state index < -0.39 is 11.9 Å². The third-order valence-electron chi connectivity index (χ3n) is 2.79. The van der Waals surface area contributed by atoms with Crippen molar-refractivity contribution < 1.29 is 19.5 Å². The summed E-state index contributed by atoms with van der Waals surface area (Å²) in [5.74, 6) is -2.01. The number of para-hydroxylation sites is 1. The van der Waals surface area contributed by atoms with Crippen LogP contribution in [0.25, 0.3) is 0 Å². The van der Waals surface area contributed by atoms with Crippen molar-refractivity contribution in [2.45, 2.75) is 13.3 Å². The van der Waals surface area contributed by atoms with E-state index in [2.05, 4.69) is 5.32 Å². The van der Waals surface area contributed by atoms with E-state index in [0.717, 1.165) is 0 Å². The number of benzene rings is 1. The van der Waals surface area contributed by atoms with E-state index in [0.29, 0.717) is 18.7 Å². The Kier molecular flexibility index (Phi) is 8.62. The number of carboxylic acids is 1. The Morgan fingerprint density at radius 1 is 1.27 bits per heavy atom. The highest BCUT2D eigenvalue weighted by Gasteiger charge is 2.16. The summed E-state index contributed by atoms with van der Waals surface area (Å²) in [6.07, 6.45) is 0.664. The van der Waals surface area contributed by atoms with Gasteiger partial charge in [-0.1, -0.05) is 19.1 Å². The van der Waals surface area contributed by atoms with Gasteiger partial charge < -0.3 is 21.1 Å². The number of carbonyl (C=O) groups excluding carboxylic acids is 2. The normalized spacial score (nSPS) is 9.50. The molecule has 4 N–H and O–H groups in total. The Labute approximate surface area is 134 Å². The number of nitrogens with two attached hydrogens (primary N) is 1. The molecule has 0 unspecified atom stereocenters. The van der Waals surface area contributed by atoms with Gasteiger partial charge in [-0.2, -0.15) is 0 Å². The minimum atomic E-state index is -1.06. The lowest BCUT2D eigenvalue weighted by Gasteiger charge is -2.20. The number of aliphatic carboxylic acids is 1. The molecule has 122 valence electrons. The van der Waals surface area contributed by atoms with Gasteiger partial charge in [-0.15, -0.1) is 12.4 Å². The average Bonchev–Trinajstić information content (AvgIpc) is 2.44. The summed E-state index contributed by atoms with van der Waals surface area (Å²) in [4.78, 5) is 35.2. The molecule has 1 aromatic carbocycles. The predicted molar refractivity (Wildman–Crippen MR) is 85.2 cm³/mol. The van der Waals surface area contributed by atoms with Crippen molar-refractivity contribution in [2.24, 2.45) is 5.73 Å². The second-order valence-electron chi connectivity index (χ2n) is 4.47. The van der Waals surface area contributed by atoms with Crippen molar-refractivity contribution in [3.05, 3.63) is 29.8 Å². The summed E-state index contributed by atoms with van der Waals surface area (Å²) >= 11 is 0. The molecular weight excluding hydrogens is 310 g/mol. The second-order valence-corrected chi connectivity index (χ2v) is 4.47. The molecule has 0 aliphatic heterocycles. The summed E-state index contributed by atoms with van der Waals surface area (Å²) in [5.41, 5.74) is 5.97. The molecule has 0 radical (unpaired) electrons. The van der Waals surface area contributed by atoms with Crippen molar-refractivity contribution in [2.75, 3.05) is 25.0 Å². The SMILES string of the molecule is CCCN(CC(=O)O)C(=O)CNc1ccccc1C(N)=O.Cl. The number of halogens is 1. The van der Waals surface area contributed by atoms with Crippen LogP contribution in [0, 0.1) is 0 Å². The number of nitrogens with one attached hydrogen (secondary N) is 1. The molecular formula is C14H20ClN3O4. The standard InChI is InChI=1S/C14H19N3O4.ClH/c1-2-7-17(9-13(19)20)12(18)8-16-11-6-4-3-5-10(11)14(15)21;/h3-6,16H,2,7-9H2,1H3,(H2,15,21)(H,19,20);1H. The van der Waals surface area contributed by atoms with Crippen molar-refractivity contribution in [3.63, 3.8) is 0 Å². The molecule has 8 heteroatoms. The number of anilines is 1. The van der Waals surface area contributed by atoms with Gasteiger partial charge in [-0.25, -0.2) is 0 Å². The summed E-state index contributed by atoms with van der Waals surface area (Å²) in [7, 11) is 0. The third kappa shape index (κ3) is 6.01. The maximum atomic E-state index is 12.0. The van der Waals surface area contributed by atoms with Gasteiger partial charge >= 0.3 is 5.97 Å². The number of nitrogens with zero attached hydrogens (tertiary/aromatic N) is 1. The molecule has 22 heavy (non-hydrogen) atoms. The number of hydrogen-bond donors (Lipinski definition) is 3. The monoisotopic (exact) mass is 329 g/mol. The molecule has 1 rings (SSSR count). The van der Waals surface area contributed by atoms with Gasteiger partial charge in [0.25, 0.3) is 5.91 Å². The molecule has 0 aliphatic carbocycles. The lowest BCUT2D eigenvalue weighted by Crippen LogP contribution is -2.39. The van der Waals surface area contributed by atoms with Crippen LogP contribution in [0.15, 0.2) is 24.3 Å². The lowest BCUT2D eigenvalue weighted by molar-refractivity contribution is -0.143. The maximum Gasteiger partial charge on any atom is 0.323 e. The smallest absolute Gasteiger partial charge is 0.323 e. The Morgan fingerprint density at radius 2 is 1.91 bits per heavy atom. The molecule has 0 bridgehead atoms. The van der Waals surface area contributed by atoms with Crippen molar-refractivity contribution in [3.8, 4) is 0 Å². The molecule has 7 nitrogen and oxygen atoms in total. The zero-order chi connectivity index (χ0) is 15.8. The van der Waals surface area contributed by atoms with Crippen LogP contribution in [0.4, 0.5) is 5.69 Å². The summed E-state index contributed by atoms with van der Waals surface area (Å²) < 4.78 is 0. The van der Waals surface area contributed by atoms with Gasteiger partial charge in [0, 0.05) is 12.2 Å². The maximum absolute atomic E-state index is 12.0. The van der Waals surface area contributed by atoms with Crippen molar-refractivity contribution in [1.82, 2.24) is 4.90 Å². The van der Waals surface area contributed by atoms with E-state index in [-0.39, 0.29) is 37.0 Å². The summed E-state index contributed by atoms with van der Waals surface area (Å²) in [6, 6.07) is 6.56. The minimum absolute atomic E-state index is 0. The first-order valence-corrected chi connectivity index (χ1v) is 6.58. The quantitative estimate of drug-likeness (QED) is 0.657. The highest BCUT2D eigenvalue weighted by atomic mass is 35.5. The van der Waals surface area contributed by atoms with Gasteiger partial charge in [0.2, 0.25) is 5.91 Å². The number of carboxylic acid groups (broad SMARTS) is 1. The molecule has 0 aliphatic rings. The first kappa shape index (κ1) is 19.7. The summed E-state index contributed by atoms with van der Waals surface area (Å²) in [5, 5.41) is 11.6. The van der Waals surface area contributed by atoms with Crippen molar-refractivity contribution >= 4 is 35.9 Å². The molecule has 1 aromatic rings. The van der Waals surface area contributed by atoms with Gasteiger partial charge in [0.05, 0.1) is 12.1 Å². The number of rotatable bonds is 8. The topological polar surface area (TPSA) is 113 Å². The third-order valence-corrected chi connectivity index (χ3v) is 2.79. The molecule has 0 atom stereocenters. The number of primary amides is 1. The van der Waals surface area contributed by atoms with Crippen LogP contribution in [0.2, 0.25) is 0 Å². The lowest BCUT2D eigenvalue weighted by atomic mass is 10.1. The van der Waals surface area contributed by atoms with E-state index in [1.165, 1.54) is 4.90 Å². The van der Waals surface area contributed by atoms with Crippen LogP contribution in [0.1, 0.15) is 23.7 Å². The van der Waals surface area contributed by atoms with Crippen LogP contribution in [0.3, 0.4) is 0 Å². The van der Waals surface area contributed by atoms with E-state index in [1.807, 2.05) is 6.92 Å². The Balaban J connectivity index is 0.00000441. The minimum Gasteiger partial charge on any atom is -0.480 e. The Morgan fingerprint density at radius 3 is 2.45 bits per heavy atom. The zero-order valence-corrected chi connectivity index (χ0v) is 13.1. The average molecular weight is 330 g/mol. The fourth-order valence-electron chi connectivity index (χ4n) is 1.86. The molecule has 2 amide bonds. The molecule has 0 saturated carbocycles. The first-order chi connectivity index (χ1) is 9.95. The van der Waals surface area contributed by atoms with Gasteiger partial charge in [0.15, 0.2) is 0 Å². The zero-order valence-electron chi connectivity index (χ0n) is 12.2. The fourth-order valence-corrected chi connectivity index (χ4v) is 1.86. The summed E-state index contributed by atoms with van der Waals surface area (Å²) in [6.45, 7) is 1.78. The molecule has 0 saturated heterocycles. The largest absolute Gasteiger partial charge is 0.480 e. The van der Waals surface area contributed by atoms with Crippen LogP contribution in [0.5, 0.6) is 0 Å². The highest BCUT2D eigenvalue weighted by Crippen LogP contribution is 2.13. The van der Waals surface area contributed by atoms with E-state index in [4.69, 9.17) is 10.8 Å². The molecule has 0 aromatic heterocycles. The van der Waals surface area contributed by atoms with E-state index in [1.54, 1.807) is 24.3 Å². The fraction of sp³-hybridized carbons (Fsp3) is 0.357. The second kappa shape index (κ2) is 9.62. The Hall–Kier alpha value is -2.28. The van der Waals surface area contributed by atoms with Gasteiger partial charge in [-0.05, 0) is 18.6 Å². The Bertz CT molecular complexity index is 537. The van der Waals surface area contributed by atoms with Crippen molar-refractivity contribution in [1.29, 1.82) is 0 Å². The first-order valence-electron chi connectivity index (χ1n) is 6.58. The van der Waals surface area contributed by atoms with Gasteiger partial charge in [0.1, 0.15) is 6.54 Å². The van der Waals surface area contributed by atoms with E-state index >= 15 is 0 Å². The molecule has 0 spiro atoms. The molecule has 0 fully saturated rings. The van der Waals surface area contributed by atoms with E-state index in [9.17, 15) is 14.4 Å². The highest BCUT2D eigenvalue weighted by molar-refractivity contribution is 5.99. The number of hydrogen-bond acceptors (Lipinski definition) is 4.